The highest BCUT2D eigenvalue weighted by molar-refractivity contribution is 7.89. The number of aryl methyl sites for hydroxylation is 1. The first-order valence-corrected chi connectivity index (χ1v) is 8.26. The zero-order chi connectivity index (χ0) is 16.9. The van der Waals surface area contributed by atoms with E-state index in [1.165, 1.54) is 6.07 Å². The van der Waals surface area contributed by atoms with E-state index in [0.29, 0.717) is 16.8 Å². The van der Waals surface area contributed by atoms with Crippen molar-refractivity contribution < 1.29 is 13.2 Å². The van der Waals surface area contributed by atoms with Gasteiger partial charge in [-0.05, 0) is 42.8 Å². The molecule has 0 aromatic heterocycles. The molecule has 0 aliphatic heterocycles. The quantitative estimate of drug-likeness (QED) is 0.873. The molecule has 0 bridgehead atoms. The van der Waals surface area contributed by atoms with Gasteiger partial charge in [0.15, 0.2) is 0 Å². The highest BCUT2D eigenvalue weighted by Crippen LogP contribution is 2.13. The highest BCUT2D eigenvalue weighted by atomic mass is 32.2. The fourth-order valence-corrected chi connectivity index (χ4v) is 3.16. The molecule has 118 valence electrons. The summed E-state index contributed by atoms with van der Waals surface area (Å²) in [5, 5.41) is 11.3. The molecular formula is C16H15N3O3S. The summed E-state index contributed by atoms with van der Waals surface area (Å²) in [5.41, 5.74) is 1.57. The van der Waals surface area contributed by atoms with Crippen LogP contribution in [0.3, 0.4) is 0 Å². The molecule has 0 unspecified atom stereocenters. The molecule has 0 aliphatic carbocycles. The second kappa shape index (κ2) is 7.05. The lowest BCUT2D eigenvalue weighted by atomic mass is 10.2. The zero-order valence-corrected chi connectivity index (χ0v) is 13.2. The van der Waals surface area contributed by atoms with Gasteiger partial charge < -0.3 is 5.32 Å². The normalized spacial score (nSPS) is 10.8. The van der Waals surface area contributed by atoms with Crippen LogP contribution >= 0.6 is 0 Å². The number of amides is 1. The zero-order valence-electron chi connectivity index (χ0n) is 12.4. The monoisotopic (exact) mass is 329 g/mol. The Labute approximate surface area is 134 Å². The van der Waals surface area contributed by atoms with E-state index in [9.17, 15) is 13.2 Å². The summed E-state index contributed by atoms with van der Waals surface area (Å²) < 4.78 is 26.6. The van der Waals surface area contributed by atoms with Crippen LogP contribution in [0.25, 0.3) is 0 Å². The van der Waals surface area contributed by atoms with Crippen LogP contribution in [0.4, 0.5) is 5.69 Å². The SMILES string of the molecule is Cc1ccccc1S(=O)(=O)NCC(=O)Nc1ccc(C#N)cc1. The van der Waals surface area contributed by atoms with E-state index < -0.39 is 15.9 Å². The lowest BCUT2D eigenvalue weighted by Gasteiger charge is -2.09. The Kier molecular flexibility index (Phi) is 5.11. The minimum absolute atomic E-state index is 0.145. The average molecular weight is 329 g/mol. The number of nitriles is 1. The molecule has 2 aromatic rings. The average Bonchev–Trinajstić information content (AvgIpc) is 2.54. The van der Waals surface area contributed by atoms with Gasteiger partial charge in [-0.2, -0.15) is 5.26 Å². The van der Waals surface area contributed by atoms with E-state index >= 15 is 0 Å². The number of nitrogens with one attached hydrogen (secondary N) is 2. The Bertz CT molecular complexity index is 853. The van der Waals surface area contributed by atoms with Gasteiger partial charge in [-0.15, -0.1) is 0 Å². The molecule has 0 atom stereocenters. The minimum Gasteiger partial charge on any atom is -0.325 e. The Balaban J connectivity index is 1.98. The molecule has 0 saturated heterocycles. The molecule has 0 heterocycles. The number of benzene rings is 2. The Hall–Kier alpha value is -2.69. The van der Waals surface area contributed by atoms with Gasteiger partial charge in [-0.1, -0.05) is 18.2 Å². The van der Waals surface area contributed by atoms with Crippen LogP contribution in [-0.4, -0.2) is 20.9 Å². The van der Waals surface area contributed by atoms with Crippen molar-refractivity contribution in [2.24, 2.45) is 0 Å². The summed E-state index contributed by atoms with van der Waals surface area (Å²) >= 11 is 0. The summed E-state index contributed by atoms with van der Waals surface area (Å²) in [6.07, 6.45) is 0. The van der Waals surface area contributed by atoms with E-state index in [0.717, 1.165) is 0 Å². The molecular weight excluding hydrogens is 314 g/mol. The highest BCUT2D eigenvalue weighted by Gasteiger charge is 2.17. The van der Waals surface area contributed by atoms with Crippen LogP contribution in [0.15, 0.2) is 53.4 Å². The van der Waals surface area contributed by atoms with Gasteiger partial charge in [-0.3, -0.25) is 4.79 Å². The summed E-state index contributed by atoms with van der Waals surface area (Å²) in [5.74, 6) is -0.494. The molecule has 0 radical (unpaired) electrons. The maximum absolute atomic E-state index is 12.2. The smallest absolute Gasteiger partial charge is 0.241 e. The van der Waals surface area contributed by atoms with Gasteiger partial charge in [-0.25, -0.2) is 13.1 Å². The van der Waals surface area contributed by atoms with Gasteiger partial charge >= 0.3 is 0 Å². The molecule has 0 saturated carbocycles. The van der Waals surface area contributed by atoms with E-state index in [-0.39, 0.29) is 11.4 Å². The van der Waals surface area contributed by atoms with E-state index in [1.54, 1.807) is 49.4 Å². The molecule has 6 nitrogen and oxygen atoms in total. The number of carbonyl (C=O) groups is 1. The topological polar surface area (TPSA) is 99.1 Å². The van der Waals surface area contributed by atoms with Gasteiger partial charge in [0.2, 0.25) is 15.9 Å². The maximum atomic E-state index is 12.2. The fraction of sp³-hybridized carbons (Fsp3) is 0.125. The lowest BCUT2D eigenvalue weighted by Crippen LogP contribution is -2.33. The maximum Gasteiger partial charge on any atom is 0.241 e. The largest absolute Gasteiger partial charge is 0.325 e. The molecule has 2 aromatic carbocycles. The Morgan fingerprint density at radius 1 is 1.13 bits per heavy atom. The van der Waals surface area contributed by atoms with Crippen LogP contribution in [-0.2, 0) is 14.8 Å². The number of rotatable bonds is 5. The third-order valence-corrected chi connectivity index (χ3v) is 4.67. The van der Waals surface area contributed by atoms with Crippen molar-refractivity contribution in [3.63, 3.8) is 0 Å². The van der Waals surface area contributed by atoms with E-state index in [2.05, 4.69) is 10.0 Å². The van der Waals surface area contributed by atoms with Crippen molar-refractivity contribution >= 4 is 21.6 Å². The number of anilines is 1. The Morgan fingerprint density at radius 2 is 1.78 bits per heavy atom. The van der Waals surface area contributed by atoms with Gasteiger partial charge in [0.25, 0.3) is 0 Å². The first kappa shape index (κ1) is 16.7. The third kappa shape index (κ3) is 4.39. The van der Waals surface area contributed by atoms with Crippen molar-refractivity contribution in [1.82, 2.24) is 4.72 Å². The standard InChI is InChI=1S/C16H15N3O3S/c1-12-4-2-3-5-15(12)23(21,22)18-11-16(20)19-14-8-6-13(10-17)7-9-14/h2-9,18H,11H2,1H3,(H,19,20). The van der Waals surface area contributed by atoms with Crippen molar-refractivity contribution in [2.75, 3.05) is 11.9 Å². The van der Waals surface area contributed by atoms with Crippen LogP contribution in [0.1, 0.15) is 11.1 Å². The predicted octanol–water partition coefficient (Wildman–Crippen LogP) is 1.78. The van der Waals surface area contributed by atoms with Crippen LogP contribution in [0, 0.1) is 18.3 Å². The molecule has 0 spiro atoms. The summed E-state index contributed by atoms with van der Waals surface area (Å²) in [6, 6.07) is 14.8. The summed E-state index contributed by atoms with van der Waals surface area (Å²) in [7, 11) is -3.74. The molecule has 2 N–H and O–H groups in total. The minimum atomic E-state index is -3.74. The second-order valence-electron chi connectivity index (χ2n) is 4.83. The third-order valence-electron chi connectivity index (χ3n) is 3.10. The van der Waals surface area contributed by atoms with Crippen molar-refractivity contribution in [2.45, 2.75) is 11.8 Å². The Morgan fingerprint density at radius 3 is 2.39 bits per heavy atom. The summed E-state index contributed by atoms with van der Waals surface area (Å²) in [6.45, 7) is 1.31. The number of hydrogen-bond donors (Lipinski definition) is 2. The van der Waals surface area contributed by atoms with Gasteiger partial charge in [0.1, 0.15) is 0 Å². The lowest BCUT2D eigenvalue weighted by molar-refractivity contribution is -0.115. The number of nitrogens with zero attached hydrogens (tertiary/aromatic N) is 1. The number of hydrogen-bond acceptors (Lipinski definition) is 4. The van der Waals surface area contributed by atoms with Crippen LogP contribution < -0.4 is 10.0 Å². The second-order valence-corrected chi connectivity index (χ2v) is 6.56. The van der Waals surface area contributed by atoms with Crippen LogP contribution in [0.5, 0.6) is 0 Å². The van der Waals surface area contributed by atoms with E-state index in [4.69, 9.17) is 5.26 Å². The molecule has 0 fully saturated rings. The van der Waals surface area contributed by atoms with Crippen molar-refractivity contribution in [3.8, 4) is 6.07 Å². The first-order valence-electron chi connectivity index (χ1n) is 6.78. The molecule has 7 heteroatoms. The van der Waals surface area contributed by atoms with E-state index in [1.807, 2.05) is 6.07 Å². The molecule has 0 aliphatic rings. The van der Waals surface area contributed by atoms with Crippen molar-refractivity contribution in [1.29, 1.82) is 5.26 Å². The molecule has 23 heavy (non-hydrogen) atoms. The van der Waals surface area contributed by atoms with Gasteiger partial charge in [0, 0.05) is 5.69 Å². The molecule has 1 amide bonds. The first-order chi connectivity index (χ1) is 10.9. The summed E-state index contributed by atoms with van der Waals surface area (Å²) in [4.78, 5) is 12.0. The van der Waals surface area contributed by atoms with Gasteiger partial charge in [0.05, 0.1) is 23.1 Å². The van der Waals surface area contributed by atoms with Crippen molar-refractivity contribution in [3.05, 3.63) is 59.7 Å². The fourth-order valence-electron chi connectivity index (χ4n) is 1.93. The number of carbonyl (C=O) groups excluding carboxylic acids is 1. The van der Waals surface area contributed by atoms with Crippen LogP contribution in [0.2, 0.25) is 0 Å². The number of sulfonamides is 1. The molecule has 2 rings (SSSR count). The predicted molar refractivity (Wildman–Crippen MR) is 86.2 cm³/mol.